The number of rotatable bonds is 3. The van der Waals surface area contributed by atoms with Crippen LogP contribution < -0.4 is 5.32 Å². The van der Waals surface area contributed by atoms with Crippen molar-refractivity contribution < 1.29 is 15.0 Å². The summed E-state index contributed by atoms with van der Waals surface area (Å²) >= 11 is 0. The average molecular weight is 201 g/mol. The quantitative estimate of drug-likeness (QED) is 0.585. The molecule has 1 rings (SSSR count). The molecule has 1 aliphatic rings. The second kappa shape index (κ2) is 4.87. The van der Waals surface area contributed by atoms with Crippen molar-refractivity contribution in [3.63, 3.8) is 0 Å². The van der Waals surface area contributed by atoms with Crippen LogP contribution in [0.25, 0.3) is 0 Å². The molecule has 1 fully saturated rings. The first-order valence-electron chi connectivity index (χ1n) is 5.15. The van der Waals surface area contributed by atoms with Gasteiger partial charge in [0.05, 0.1) is 12.2 Å². The van der Waals surface area contributed by atoms with E-state index in [1.807, 2.05) is 6.92 Å². The first-order valence-corrected chi connectivity index (χ1v) is 5.15. The number of carbonyl (C=O) groups is 1. The van der Waals surface area contributed by atoms with Gasteiger partial charge in [0.25, 0.3) is 0 Å². The van der Waals surface area contributed by atoms with Crippen LogP contribution in [0.5, 0.6) is 0 Å². The lowest BCUT2D eigenvalue weighted by Gasteiger charge is -2.37. The number of hydrogen-bond donors (Lipinski definition) is 3. The van der Waals surface area contributed by atoms with Gasteiger partial charge in [0, 0.05) is 24.9 Å². The van der Waals surface area contributed by atoms with Gasteiger partial charge in [-0.05, 0) is 13.3 Å². The molecule has 4 atom stereocenters. The van der Waals surface area contributed by atoms with Crippen molar-refractivity contribution in [3.05, 3.63) is 0 Å². The van der Waals surface area contributed by atoms with E-state index in [0.29, 0.717) is 13.0 Å². The van der Waals surface area contributed by atoms with Crippen molar-refractivity contribution in [2.75, 3.05) is 6.54 Å². The molecule has 0 aromatic carbocycles. The second-order valence-corrected chi connectivity index (χ2v) is 4.07. The van der Waals surface area contributed by atoms with Crippen molar-refractivity contribution in [2.24, 2.45) is 5.92 Å². The van der Waals surface area contributed by atoms with E-state index in [9.17, 15) is 15.0 Å². The zero-order valence-electron chi connectivity index (χ0n) is 8.73. The standard InChI is InChI=1S/C10H19NO3/c1-3-8-10(14)9(13)7(5-11-8)4-6(2)12/h7-11,13-14H,3-5H2,1-2H3/t7-,8+,9+,10+/m0/s1. The van der Waals surface area contributed by atoms with Gasteiger partial charge in [-0.25, -0.2) is 0 Å². The van der Waals surface area contributed by atoms with Gasteiger partial charge < -0.3 is 20.3 Å². The van der Waals surface area contributed by atoms with E-state index >= 15 is 0 Å². The van der Waals surface area contributed by atoms with Gasteiger partial charge in [-0.3, -0.25) is 0 Å². The topological polar surface area (TPSA) is 69.6 Å². The average Bonchev–Trinajstić information content (AvgIpc) is 2.13. The summed E-state index contributed by atoms with van der Waals surface area (Å²) in [6, 6.07) is -0.0480. The molecule has 0 saturated carbocycles. The molecule has 1 saturated heterocycles. The number of aliphatic hydroxyl groups excluding tert-OH is 2. The van der Waals surface area contributed by atoms with Crippen LogP contribution in [0.15, 0.2) is 0 Å². The summed E-state index contributed by atoms with van der Waals surface area (Å²) in [4.78, 5) is 10.9. The summed E-state index contributed by atoms with van der Waals surface area (Å²) in [6.45, 7) is 4.07. The van der Waals surface area contributed by atoms with Gasteiger partial charge in [-0.15, -0.1) is 0 Å². The molecule has 1 aliphatic heterocycles. The Morgan fingerprint density at radius 1 is 1.43 bits per heavy atom. The third-order valence-electron chi connectivity index (χ3n) is 2.88. The molecule has 4 nitrogen and oxygen atoms in total. The van der Waals surface area contributed by atoms with Crippen molar-refractivity contribution >= 4 is 5.78 Å². The van der Waals surface area contributed by atoms with E-state index in [2.05, 4.69) is 5.32 Å². The van der Waals surface area contributed by atoms with Crippen molar-refractivity contribution in [1.29, 1.82) is 0 Å². The number of aliphatic hydroxyl groups is 2. The Bertz CT molecular complexity index is 208. The van der Waals surface area contributed by atoms with E-state index in [1.54, 1.807) is 0 Å². The number of Topliss-reactive ketones (excluding diaryl/α,β-unsaturated/α-hetero) is 1. The minimum Gasteiger partial charge on any atom is -0.390 e. The number of ketones is 1. The summed E-state index contributed by atoms with van der Waals surface area (Å²) in [5.41, 5.74) is 0. The fraction of sp³-hybridized carbons (Fsp3) is 0.900. The minimum atomic E-state index is -0.773. The number of nitrogens with one attached hydrogen (secondary N) is 1. The van der Waals surface area contributed by atoms with E-state index in [-0.39, 0.29) is 17.7 Å². The van der Waals surface area contributed by atoms with Gasteiger partial charge in [-0.1, -0.05) is 6.92 Å². The van der Waals surface area contributed by atoms with Crippen LogP contribution in [0.3, 0.4) is 0 Å². The lowest BCUT2D eigenvalue weighted by atomic mass is 9.85. The first-order chi connectivity index (χ1) is 6.56. The van der Waals surface area contributed by atoms with Crippen molar-refractivity contribution in [1.82, 2.24) is 5.32 Å². The summed E-state index contributed by atoms with van der Waals surface area (Å²) in [5.74, 6) is -0.0942. The molecule has 3 N–H and O–H groups in total. The molecule has 0 spiro atoms. The zero-order chi connectivity index (χ0) is 10.7. The molecule has 1 heterocycles. The van der Waals surface area contributed by atoms with E-state index in [0.717, 1.165) is 6.42 Å². The Kier molecular flexibility index (Phi) is 4.04. The van der Waals surface area contributed by atoms with Crippen LogP contribution in [0.1, 0.15) is 26.7 Å². The lowest BCUT2D eigenvalue weighted by molar-refractivity contribution is -0.121. The Morgan fingerprint density at radius 2 is 2.07 bits per heavy atom. The molecule has 0 bridgehead atoms. The molecule has 0 amide bonds. The van der Waals surface area contributed by atoms with Crippen molar-refractivity contribution in [3.8, 4) is 0 Å². The van der Waals surface area contributed by atoms with Crippen LogP contribution in [0, 0.1) is 5.92 Å². The molecule has 0 aromatic heterocycles. The number of hydrogen-bond acceptors (Lipinski definition) is 4. The van der Waals surface area contributed by atoms with Gasteiger partial charge in [-0.2, -0.15) is 0 Å². The maximum Gasteiger partial charge on any atom is 0.130 e. The van der Waals surface area contributed by atoms with E-state index in [1.165, 1.54) is 6.92 Å². The Hall–Kier alpha value is -0.450. The van der Waals surface area contributed by atoms with Gasteiger partial charge in [0.15, 0.2) is 0 Å². The fourth-order valence-corrected chi connectivity index (χ4v) is 2.01. The van der Waals surface area contributed by atoms with E-state index < -0.39 is 12.2 Å². The van der Waals surface area contributed by atoms with Crippen LogP contribution in [0.2, 0.25) is 0 Å². The van der Waals surface area contributed by atoms with Gasteiger partial charge >= 0.3 is 0 Å². The maximum atomic E-state index is 10.9. The molecular formula is C10H19NO3. The Balaban J connectivity index is 2.54. The highest BCUT2D eigenvalue weighted by Crippen LogP contribution is 2.20. The summed E-state index contributed by atoms with van der Waals surface area (Å²) in [7, 11) is 0. The third-order valence-corrected chi connectivity index (χ3v) is 2.88. The number of carbonyl (C=O) groups excluding carboxylic acids is 1. The predicted molar refractivity (Wildman–Crippen MR) is 52.9 cm³/mol. The molecule has 0 aromatic rings. The van der Waals surface area contributed by atoms with Gasteiger partial charge in [0.2, 0.25) is 0 Å². The fourth-order valence-electron chi connectivity index (χ4n) is 2.01. The Morgan fingerprint density at radius 3 is 2.57 bits per heavy atom. The molecule has 82 valence electrons. The van der Waals surface area contributed by atoms with Crippen LogP contribution >= 0.6 is 0 Å². The molecule has 0 aliphatic carbocycles. The maximum absolute atomic E-state index is 10.9. The first kappa shape index (κ1) is 11.6. The third kappa shape index (κ3) is 2.53. The molecule has 0 radical (unpaired) electrons. The molecule has 0 unspecified atom stereocenters. The van der Waals surface area contributed by atoms with Crippen LogP contribution in [-0.2, 0) is 4.79 Å². The predicted octanol–water partition coefficient (Wildman–Crippen LogP) is -0.315. The molecule has 14 heavy (non-hydrogen) atoms. The normalized spacial score (nSPS) is 38.3. The number of piperidine rings is 1. The lowest BCUT2D eigenvalue weighted by Crippen LogP contribution is -2.57. The highest BCUT2D eigenvalue weighted by atomic mass is 16.3. The summed E-state index contributed by atoms with van der Waals surface area (Å²) in [5, 5.41) is 22.6. The Labute approximate surface area is 84.3 Å². The van der Waals surface area contributed by atoms with Crippen molar-refractivity contribution in [2.45, 2.75) is 44.9 Å². The van der Waals surface area contributed by atoms with Crippen LogP contribution in [-0.4, -0.2) is 40.8 Å². The van der Waals surface area contributed by atoms with Gasteiger partial charge in [0.1, 0.15) is 5.78 Å². The minimum absolute atomic E-state index is 0.0480. The molecule has 4 heteroatoms. The monoisotopic (exact) mass is 201 g/mol. The summed E-state index contributed by atoms with van der Waals surface area (Å²) < 4.78 is 0. The SMILES string of the molecule is CC[C@H]1NC[C@H](CC(C)=O)[C@@H](O)[C@@H]1O. The zero-order valence-corrected chi connectivity index (χ0v) is 8.73. The smallest absolute Gasteiger partial charge is 0.130 e. The second-order valence-electron chi connectivity index (χ2n) is 4.07. The summed E-state index contributed by atoms with van der Waals surface area (Å²) in [6.07, 6.45) is -0.407. The highest BCUT2D eigenvalue weighted by Gasteiger charge is 2.36. The van der Waals surface area contributed by atoms with Crippen LogP contribution in [0.4, 0.5) is 0 Å². The molecular weight excluding hydrogens is 182 g/mol. The largest absolute Gasteiger partial charge is 0.390 e. The van der Waals surface area contributed by atoms with E-state index in [4.69, 9.17) is 0 Å². The highest BCUT2D eigenvalue weighted by molar-refractivity contribution is 5.75.